The molecule has 5 heteroatoms. The van der Waals surface area contributed by atoms with Gasteiger partial charge in [0, 0.05) is 49.1 Å². The highest BCUT2D eigenvalue weighted by Crippen LogP contribution is 2.46. The Morgan fingerprint density at radius 2 is 1.02 bits per heavy atom. The lowest BCUT2D eigenvalue weighted by molar-refractivity contribution is 0.417. The van der Waals surface area contributed by atoms with Crippen molar-refractivity contribution in [3.8, 4) is 5.69 Å². The number of fused-ring (bicyclic) bond motifs is 9. The van der Waals surface area contributed by atoms with Gasteiger partial charge in [0.2, 0.25) is 0 Å². The number of rotatable bonds is 3. The Morgan fingerprint density at radius 1 is 0.418 bits per heavy atom. The number of nitrogens with zero attached hydrogens (tertiary/aromatic N) is 3. The van der Waals surface area contributed by atoms with E-state index in [1.165, 1.54) is 92.8 Å². The van der Waals surface area contributed by atoms with E-state index in [9.17, 15) is 0 Å². The van der Waals surface area contributed by atoms with Crippen molar-refractivity contribution in [3.05, 3.63) is 187 Å². The Morgan fingerprint density at radius 3 is 1.89 bits per heavy atom. The van der Waals surface area contributed by atoms with Crippen molar-refractivity contribution in [2.24, 2.45) is 0 Å². The summed E-state index contributed by atoms with van der Waals surface area (Å²) in [5, 5.41) is 18.3. The molecule has 0 spiro atoms. The molecule has 0 saturated heterocycles. The fraction of sp³-hybridized carbons (Fsp3) is 0.0400. The van der Waals surface area contributed by atoms with Crippen molar-refractivity contribution in [2.75, 3.05) is 5.32 Å². The largest absolute Gasteiger partial charge is 0.352 e. The van der Waals surface area contributed by atoms with Crippen molar-refractivity contribution in [1.29, 1.82) is 0 Å². The first-order valence-corrected chi connectivity index (χ1v) is 19.1. The first-order valence-electron chi connectivity index (χ1n) is 19.1. The summed E-state index contributed by atoms with van der Waals surface area (Å²) in [6.45, 7) is 0. The Hall–Kier alpha value is -7.08. The van der Waals surface area contributed by atoms with E-state index in [4.69, 9.17) is 0 Å². The molecular formula is C50H33N5. The van der Waals surface area contributed by atoms with Gasteiger partial charge in [-0.05, 0) is 71.1 Å². The molecular weight excluding hydrogens is 671 g/mol. The van der Waals surface area contributed by atoms with Gasteiger partial charge in [0.15, 0.2) is 6.29 Å². The Bertz CT molecular complexity index is 3510. The van der Waals surface area contributed by atoms with Gasteiger partial charge < -0.3 is 18.9 Å². The lowest BCUT2D eigenvalue weighted by Crippen LogP contribution is -2.40. The molecule has 0 saturated carbocycles. The lowest BCUT2D eigenvalue weighted by Gasteiger charge is -2.36. The van der Waals surface area contributed by atoms with Gasteiger partial charge in [-0.15, -0.1) is 0 Å². The Kier molecular flexibility index (Phi) is 5.74. The van der Waals surface area contributed by atoms with E-state index in [1.807, 2.05) is 0 Å². The second-order valence-electron chi connectivity index (χ2n) is 15.0. The molecule has 13 rings (SSSR count). The minimum atomic E-state index is -0.225. The van der Waals surface area contributed by atoms with Gasteiger partial charge in [0.1, 0.15) is 0 Å². The summed E-state index contributed by atoms with van der Waals surface area (Å²) in [6.07, 6.45) is -0.225. The molecule has 5 nitrogen and oxygen atoms in total. The van der Waals surface area contributed by atoms with Crippen LogP contribution in [0.2, 0.25) is 0 Å². The molecule has 55 heavy (non-hydrogen) atoms. The first-order chi connectivity index (χ1) is 27.3. The van der Waals surface area contributed by atoms with E-state index in [2.05, 4.69) is 200 Å². The highest BCUT2D eigenvalue weighted by atomic mass is 15.3. The average molecular weight is 704 g/mol. The van der Waals surface area contributed by atoms with E-state index < -0.39 is 0 Å². The van der Waals surface area contributed by atoms with Crippen molar-refractivity contribution in [3.63, 3.8) is 0 Å². The average Bonchev–Trinajstić information content (AvgIpc) is 3.86. The van der Waals surface area contributed by atoms with Crippen molar-refractivity contribution in [1.82, 2.24) is 18.9 Å². The third-order valence-corrected chi connectivity index (χ3v) is 12.3. The molecule has 0 aliphatic carbocycles. The normalized spacial score (nSPS) is 16.1. The van der Waals surface area contributed by atoms with Gasteiger partial charge in [0.25, 0.3) is 0 Å². The van der Waals surface area contributed by atoms with Crippen molar-refractivity contribution < 1.29 is 0 Å². The molecule has 1 aliphatic rings. The number of anilines is 1. The Labute approximate surface area is 315 Å². The van der Waals surface area contributed by atoms with E-state index in [0.29, 0.717) is 0 Å². The minimum absolute atomic E-state index is 0.0606. The zero-order valence-corrected chi connectivity index (χ0v) is 29.7. The third kappa shape index (κ3) is 3.84. The molecule has 8 aromatic carbocycles. The molecule has 2 N–H and O–H groups in total. The SMILES string of the molecule is c1ccc(-n2c3ccccc3c3ccc(C4NC(n5c6cccc7c8cccc9c%10ccccc%10n(c%10cccc5c%10c76)c89)Nc5ccccc54)cc32)cc1. The van der Waals surface area contributed by atoms with Crippen LogP contribution in [0.4, 0.5) is 5.69 Å². The maximum Gasteiger partial charge on any atom is 0.160 e. The van der Waals surface area contributed by atoms with Crippen LogP contribution in [-0.2, 0) is 0 Å². The van der Waals surface area contributed by atoms with Gasteiger partial charge in [-0.1, -0.05) is 121 Å². The fourth-order valence-corrected chi connectivity index (χ4v) is 10.0. The molecule has 258 valence electrons. The molecule has 4 aromatic heterocycles. The monoisotopic (exact) mass is 703 g/mol. The molecule has 2 atom stereocenters. The van der Waals surface area contributed by atoms with Crippen LogP contribution in [0.5, 0.6) is 0 Å². The molecule has 5 heterocycles. The topological polar surface area (TPSA) is 38.3 Å². The number of hydrogen-bond acceptors (Lipinski definition) is 2. The summed E-state index contributed by atoms with van der Waals surface area (Å²) in [4.78, 5) is 0. The summed E-state index contributed by atoms with van der Waals surface area (Å²) in [5.41, 5.74) is 13.3. The lowest BCUT2D eigenvalue weighted by atomic mass is 9.94. The first kappa shape index (κ1) is 29.4. The molecule has 12 aromatic rings. The summed E-state index contributed by atoms with van der Waals surface area (Å²) >= 11 is 0. The quantitative estimate of drug-likeness (QED) is 0.192. The fourth-order valence-electron chi connectivity index (χ4n) is 10.0. The summed E-state index contributed by atoms with van der Waals surface area (Å²) in [7, 11) is 0. The predicted octanol–water partition coefficient (Wildman–Crippen LogP) is 12.3. The zero-order valence-electron chi connectivity index (χ0n) is 29.7. The van der Waals surface area contributed by atoms with Crippen LogP contribution in [0.15, 0.2) is 176 Å². The maximum absolute atomic E-state index is 4.14. The van der Waals surface area contributed by atoms with Crippen molar-refractivity contribution >= 4 is 87.4 Å². The Balaban J connectivity index is 1.07. The smallest absolute Gasteiger partial charge is 0.160 e. The van der Waals surface area contributed by atoms with Gasteiger partial charge in [0.05, 0.1) is 44.7 Å². The zero-order chi connectivity index (χ0) is 35.8. The number of nitrogens with one attached hydrogen (secondary N) is 2. The number of hydrogen-bond donors (Lipinski definition) is 2. The maximum atomic E-state index is 4.14. The van der Waals surface area contributed by atoms with E-state index in [0.717, 1.165) is 11.4 Å². The number of aromatic nitrogens is 3. The van der Waals surface area contributed by atoms with E-state index in [-0.39, 0.29) is 12.3 Å². The van der Waals surface area contributed by atoms with Gasteiger partial charge >= 0.3 is 0 Å². The van der Waals surface area contributed by atoms with E-state index >= 15 is 0 Å². The standard InChI is InChI=1S/C50H33N5/c1-2-13-31(14-3-1)53-40-22-8-5-15-32(40)34-28-27-30(29-45(34)53)48-38-17-4-7-21-39(38)51-50(52-48)55-42-24-11-18-35-37-20-10-19-36-33-16-6-9-23-41(33)54(49(36)37)43-25-12-26-44(55)47(43)46(35)42/h1-29,48,50-52H. The van der Waals surface area contributed by atoms with Crippen LogP contribution in [0.25, 0.3) is 87.4 Å². The van der Waals surface area contributed by atoms with Gasteiger partial charge in [-0.2, -0.15) is 0 Å². The van der Waals surface area contributed by atoms with Crippen LogP contribution in [0.3, 0.4) is 0 Å². The van der Waals surface area contributed by atoms with Crippen LogP contribution >= 0.6 is 0 Å². The van der Waals surface area contributed by atoms with E-state index in [1.54, 1.807) is 0 Å². The second-order valence-corrected chi connectivity index (χ2v) is 15.0. The number of para-hydroxylation sites is 5. The summed E-state index contributed by atoms with van der Waals surface area (Å²) in [6, 6.07) is 64.5. The number of benzene rings is 8. The molecule has 1 aliphatic heterocycles. The van der Waals surface area contributed by atoms with Crippen LogP contribution < -0.4 is 10.6 Å². The van der Waals surface area contributed by atoms with Crippen LogP contribution in [-0.4, -0.2) is 13.5 Å². The van der Waals surface area contributed by atoms with Crippen molar-refractivity contribution in [2.45, 2.75) is 12.3 Å². The minimum Gasteiger partial charge on any atom is -0.352 e. The second kappa shape index (κ2) is 10.8. The highest BCUT2D eigenvalue weighted by molar-refractivity contribution is 6.31. The third-order valence-electron chi connectivity index (χ3n) is 12.3. The molecule has 0 bridgehead atoms. The van der Waals surface area contributed by atoms with Crippen LogP contribution in [0.1, 0.15) is 23.5 Å². The molecule has 0 fully saturated rings. The molecule has 0 radical (unpaired) electrons. The van der Waals surface area contributed by atoms with Crippen LogP contribution in [0, 0.1) is 0 Å². The summed E-state index contributed by atoms with van der Waals surface area (Å²) < 4.78 is 7.41. The predicted molar refractivity (Wildman–Crippen MR) is 229 cm³/mol. The highest BCUT2D eigenvalue weighted by Gasteiger charge is 2.31. The summed E-state index contributed by atoms with van der Waals surface area (Å²) in [5.74, 6) is 0. The van der Waals surface area contributed by atoms with Gasteiger partial charge in [-0.3, -0.25) is 5.32 Å². The molecule has 2 unspecified atom stereocenters. The van der Waals surface area contributed by atoms with Gasteiger partial charge in [-0.25, -0.2) is 0 Å². The molecule has 0 amide bonds.